The summed E-state index contributed by atoms with van der Waals surface area (Å²) in [4.78, 5) is 16.0. The quantitative estimate of drug-likeness (QED) is 0.851. The first-order valence-electron chi connectivity index (χ1n) is 5.17. The van der Waals surface area contributed by atoms with Crippen molar-refractivity contribution in [3.8, 4) is 0 Å². The number of aromatic carboxylic acids is 1. The van der Waals surface area contributed by atoms with Crippen molar-refractivity contribution in [3.05, 3.63) is 52.0 Å². The SMILES string of the molecule is O=C(O)c1ccc(CNCc2ccncc2)s1. The molecular weight excluding hydrogens is 236 g/mol. The Balaban J connectivity index is 1.84. The van der Waals surface area contributed by atoms with Gasteiger partial charge in [0.1, 0.15) is 4.88 Å². The van der Waals surface area contributed by atoms with Crippen LogP contribution in [0.25, 0.3) is 0 Å². The highest BCUT2D eigenvalue weighted by Crippen LogP contribution is 2.16. The van der Waals surface area contributed by atoms with E-state index < -0.39 is 5.97 Å². The van der Waals surface area contributed by atoms with E-state index in [0.717, 1.165) is 17.0 Å². The number of hydrogen-bond donors (Lipinski definition) is 2. The van der Waals surface area contributed by atoms with Crippen molar-refractivity contribution in [1.82, 2.24) is 10.3 Å². The molecule has 0 unspecified atom stereocenters. The molecule has 0 saturated carbocycles. The van der Waals surface area contributed by atoms with E-state index in [0.29, 0.717) is 11.4 Å². The lowest BCUT2D eigenvalue weighted by molar-refractivity contribution is 0.0702. The number of nitrogens with one attached hydrogen (secondary N) is 1. The normalized spacial score (nSPS) is 10.4. The van der Waals surface area contributed by atoms with Gasteiger partial charge in [0, 0.05) is 30.4 Å². The van der Waals surface area contributed by atoms with Gasteiger partial charge in [-0.1, -0.05) is 0 Å². The first-order valence-corrected chi connectivity index (χ1v) is 5.99. The average molecular weight is 248 g/mol. The second kappa shape index (κ2) is 5.56. The zero-order valence-corrected chi connectivity index (χ0v) is 9.91. The molecule has 17 heavy (non-hydrogen) atoms. The third-order valence-electron chi connectivity index (χ3n) is 2.25. The van der Waals surface area contributed by atoms with Crippen molar-refractivity contribution in [2.45, 2.75) is 13.1 Å². The van der Waals surface area contributed by atoms with E-state index in [1.54, 1.807) is 18.5 Å². The molecule has 2 N–H and O–H groups in total. The summed E-state index contributed by atoms with van der Waals surface area (Å²) in [7, 11) is 0. The maximum Gasteiger partial charge on any atom is 0.345 e. The summed E-state index contributed by atoms with van der Waals surface area (Å²) in [5.74, 6) is -0.865. The zero-order chi connectivity index (χ0) is 12.1. The molecule has 0 saturated heterocycles. The zero-order valence-electron chi connectivity index (χ0n) is 9.09. The molecule has 0 fully saturated rings. The Bertz CT molecular complexity index is 496. The van der Waals surface area contributed by atoms with E-state index in [9.17, 15) is 4.79 Å². The molecule has 2 aromatic rings. The van der Waals surface area contributed by atoms with Gasteiger partial charge in [-0.05, 0) is 29.8 Å². The van der Waals surface area contributed by atoms with Crippen LogP contribution >= 0.6 is 11.3 Å². The summed E-state index contributed by atoms with van der Waals surface area (Å²) in [6.45, 7) is 1.43. The number of pyridine rings is 1. The highest BCUT2D eigenvalue weighted by Gasteiger charge is 2.06. The number of carbonyl (C=O) groups is 1. The molecule has 0 aromatic carbocycles. The van der Waals surface area contributed by atoms with Crippen LogP contribution in [0, 0.1) is 0 Å². The van der Waals surface area contributed by atoms with Gasteiger partial charge in [-0.3, -0.25) is 4.98 Å². The minimum Gasteiger partial charge on any atom is -0.477 e. The van der Waals surface area contributed by atoms with Crippen molar-refractivity contribution < 1.29 is 9.90 Å². The number of aromatic nitrogens is 1. The monoisotopic (exact) mass is 248 g/mol. The summed E-state index contributed by atoms with van der Waals surface area (Å²) in [6, 6.07) is 7.37. The Morgan fingerprint density at radius 3 is 2.65 bits per heavy atom. The number of carboxylic acid groups (broad SMARTS) is 1. The van der Waals surface area contributed by atoms with Gasteiger partial charge >= 0.3 is 5.97 Å². The minimum absolute atomic E-state index is 0.380. The van der Waals surface area contributed by atoms with Crippen LogP contribution in [0.1, 0.15) is 20.1 Å². The molecule has 0 atom stereocenters. The van der Waals surface area contributed by atoms with Crippen LogP contribution in [0.5, 0.6) is 0 Å². The van der Waals surface area contributed by atoms with E-state index in [4.69, 9.17) is 5.11 Å². The van der Waals surface area contributed by atoms with Gasteiger partial charge in [0.05, 0.1) is 0 Å². The van der Waals surface area contributed by atoms with E-state index in [1.807, 2.05) is 18.2 Å². The molecule has 2 aromatic heterocycles. The van der Waals surface area contributed by atoms with Crippen LogP contribution in [-0.2, 0) is 13.1 Å². The lowest BCUT2D eigenvalue weighted by Crippen LogP contribution is -2.11. The molecule has 5 heteroatoms. The maximum absolute atomic E-state index is 10.7. The van der Waals surface area contributed by atoms with Crippen LogP contribution in [0.15, 0.2) is 36.7 Å². The molecule has 2 heterocycles. The molecule has 0 aliphatic carbocycles. The van der Waals surface area contributed by atoms with Gasteiger partial charge in [0.15, 0.2) is 0 Å². The molecule has 0 radical (unpaired) electrons. The smallest absolute Gasteiger partial charge is 0.345 e. The Morgan fingerprint density at radius 2 is 2.00 bits per heavy atom. The van der Waals surface area contributed by atoms with Crippen molar-refractivity contribution >= 4 is 17.3 Å². The van der Waals surface area contributed by atoms with Gasteiger partial charge in [-0.2, -0.15) is 0 Å². The number of carboxylic acids is 1. The van der Waals surface area contributed by atoms with Crippen LogP contribution in [0.2, 0.25) is 0 Å². The number of rotatable bonds is 5. The predicted molar refractivity (Wildman–Crippen MR) is 66.1 cm³/mol. The lowest BCUT2D eigenvalue weighted by atomic mass is 10.3. The van der Waals surface area contributed by atoms with Crippen LogP contribution < -0.4 is 5.32 Å². The number of thiophene rings is 1. The summed E-state index contributed by atoms with van der Waals surface area (Å²) in [5.41, 5.74) is 1.16. The van der Waals surface area contributed by atoms with E-state index in [2.05, 4.69) is 10.3 Å². The largest absolute Gasteiger partial charge is 0.477 e. The van der Waals surface area contributed by atoms with Crippen LogP contribution in [0.3, 0.4) is 0 Å². The van der Waals surface area contributed by atoms with Gasteiger partial charge in [0.2, 0.25) is 0 Å². The molecule has 0 amide bonds. The average Bonchev–Trinajstić information content (AvgIpc) is 2.79. The maximum atomic E-state index is 10.7. The Hall–Kier alpha value is -1.72. The van der Waals surface area contributed by atoms with Gasteiger partial charge in [-0.25, -0.2) is 4.79 Å². The minimum atomic E-state index is -0.865. The Morgan fingerprint density at radius 1 is 1.24 bits per heavy atom. The van der Waals surface area contributed by atoms with E-state index in [1.165, 1.54) is 11.3 Å². The molecule has 4 nitrogen and oxygen atoms in total. The van der Waals surface area contributed by atoms with Gasteiger partial charge in [-0.15, -0.1) is 11.3 Å². The highest BCUT2D eigenvalue weighted by molar-refractivity contribution is 7.13. The Labute approximate surface area is 103 Å². The molecular formula is C12H12N2O2S. The van der Waals surface area contributed by atoms with Crippen molar-refractivity contribution in [1.29, 1.82) is 0 Å². The fourth-order valence-electron chi connectivity index (χ4n) is 1.42. The molecule has 0 aliphatic heterocycles. The lowest BCUT2D eigenvalue weighted by Gasteiger charge is -2.02. The number of hydrogen-bond acceptors (Lipinski definition) is 4. The standard InChI is InChI=1S/C12H12N2O2S/c15-12(16)11-2-1-10(17-11)8-14-7-9-3-5-13-6-4-9/h1-6,14H,7-8H2,(H,15,16). The summed E-state index contributed by atoms with van der Waals surface area (Å²) >= 11 is 1.30. The van der Waals surface area contributed by atoms with Crippen molar-refractivity contribution in [2.24, 2.45) is 0 Å². The van der Waals surface area contributed by atoms with Crippen molar-refractivity contribution in [3.63, 3.8) is 0 Å². The van der Waals surface area contributed by atoms with E-state index in [-0.39, 0.29) is 0 Å². The molecule has 2 rings (SSSR count). The van der Waals surface area contributed by atoms with Crippen molar-refractivity contribution in [2.75, 3.05) is 0 Å². The fraction of sp³-hybridized carbons (Fsp3) is 0.167. The Kier molecular flexibility index (Phi) is 3.85. The third-order valence-corrected chi connectivity index (χ3v) is 3.32. The molecule has 0 aliphatic rings. The van der Waals surface area contributed by atoms with Crippen LogP contribution in [0.4, 0.5) is 0 Å². The fourth-order valence-corrected chi connectivity index (χ4v) is 2.23. The topological polar surface area (TPSA) is 62.2 Å². The molecule has 0 spiro atoms. The first kappa shape index (κ1) is 11.8. The van der Waals surface area contributed by atoms with Gasteiger partial charge < -0.3 is 10.4 Å². The highest BCUT2D eigenvalue weighted by atomic mass is 32.1. The van der Waals surface area contributed by atoms with E-state index >= 15 is 0 Å². The molecule has 0 bridgehead atoms. The van der Waals surface area contributed by atoms with Crippen LogP contribution in [-0.4, -0.2) is 16.1 Å². The second-order valence-electron chi connectivity index (χ2n) is 3.53. The summed E-state index contributed by atoms with van der Waals surface area (Å²) in [6.07, 6.45) is 3.51. The number of nitrogens with zero attached hydrogens (tertiary/aromatic N) is 1. The molecule has 88 valence electrons. The summed E-state index contributed by atoms with van der Waals surface area (Å²) in [5, 5.41) is 12.0. The predicted octanol–water partition coefficient (Wildman–Crippen LogP) is 2.13. The first-order chi connectivity index (χ1) is 8.25. The summed E-state index contributed by atoms with van der Waals surface area (Å²) < 4.78 is 0. The van der Waals surface area contributed by atoms with Gasteiger partial charge in [0.25, 0.3) is 0 Å². The second-order valence-corrected chi connectivity index (χ2v) is 4.70. The third kappa shape index (κ3) is 3.37.